The molecular formula is C17H19F2N3OS. The second-order valence-corrected chi connectivity index (χ2v) is 6.75. The third-order valence-corrected chi connectivity index (χ3v) is 4.85. The normalized spacial score (nSPS) is 17.8. The summed E-state index contributed by atoms with van der Waals surface area (Å²) in [6, 6.07) is 6.09. The minimum absolute atomic E-state index is 0.173. The van der Waals surface area contributed by atoms with Crippen LogP contribution in [0.25, 0.3) is 11.3 Å². The second-order valence-electron chi connectivity index (χ2n) is 5.80. The fourth-order valence-corrected chi connectivity index (χ4v) is 3.51. The molecule has 1 N–H and O–H groups in total. The maximum absolute atomic E-state index is 13.3. The molecule has 1 atom stereocenters. The fourth-order valence-electron chi connectivity index (χ4n) is 2.70. The molecule has 24 heavy (non-hydrogen) atoms. The van der Waals surface area contributed by atoms with Gasteiger partial charge in [-0.3, -0.25) is 0 Å². The van der Waals surface area contributed by atoms with Crippen molar-refractivity contribution in [1.29, 1.82) is 0 Å². The van der Waals surface area contributed by atoms with E-state index in [9.17, 15) is 13.6 Å². The molecule has 1 aliphatic heterocycles. The molecule has 0 radical (unpaired) electrons. The molecule has 7 heteroatoms. The highest BCUT2D eigenvalue weighted by Gasteiger charge is 2.22. The maximum Gasteiger partial charge on any atom is 0.317 e. The lowest BCUT2D eigenvalue weighted by atomic mass is 10.1. The van der Waals surface area contributed by atoms with Crippen LogP contribution in [-0.4, -0.2) is 41.7 Å². The number of rotatable bonds is 4. The molecule has 1 saturated heterocycles. The first kappa shape index (κ1) is 16.8. The largest absolute Gasteiger partial charge is 0.338 e. The van der Waals surface area contributed by atoms with Gasteiger partial charge in [0.05, 0.1) is 17.2 Å². The van der Waals surface area contributed by atoms with E-state index in [4.69, 9.17) is 0 Å². The number of likely N-dealkylation sites (tertiary alicyclic amines) is 1. The molecule has 2 aromatic rings. The van der Waals surface area contributed by atoms with Crippen molar-refractivity contribution in [3.8, 4) is 11.3 Å². The molecule has 2 heterocycles. The lowest BCUT2D eigenvalue weighted by Crippen LogP contribution is -2.46. The molecule has 1 unspecified atom stereocenters. The van der Waals surface area contributed by atoms with Gasteiger partial charge in [-0.25, -0.2) is 18.6 Å². The summed E-state index contributed by atoms with van der Waals surface area (Å²) in [6.45, 7) is 1.22. The number of nitrogens with zero attached hydrogens (tertiary/aromatic N) is 2. The van der Waals surface area contributed by atoms with E-state index in [1.54, 1.807) is 6.07 Å². The highest BCUT2D eigenvalue weighted by atomic mass is 32.1. The molecule has 1 aromatic carbocycles. The van der Waals surface area contributed by atoms with E-state index in [1.807, 2.05) is 11.4 Å². The highest BCUT2D eigenvalue weighted by molar-refractivity contribution is 7.09. The van der Waals surface area contributed by atoms with E-state index >= 15 is 0 Å². The van der Waals surface area contributed by atoms with Crippen molar-refractivity contribution in [2.24, 2.45) is 0 Å². The number of hydrogen-bond donors (Lipinski definition) is 1. The van der Waals surface area contributed by atoms with Crippen LogP contribution in [-0.2, 0) is 6.42 Å². The van der Waals surface area contributed by atoms with E-state index in [2.05, 4.69) is 10.3 Å². The molecule has 2 amide bonds. The Morgan fingerprint density at radius 3 is 3.12 bits per heavy atom. The van der Waals surface area contributed by atoms with Crippen LogP contribution in [0, 0.1) is 5.82 Å². The summed E-state index contributed by atoms with van der Waals surface area (Å²) in [5.41, 5.74) is 1.47. The zero-order chi connectivity index (χ0) is 16.9. The van der Waals surface area contributed by atoms with Gasteiger partial charge in [0.25, 0.3) is 0 Å². The van der Waals surface area contributed by atoms with Gasteiger partial charge in [-0.1, -0.05) is 12.1 Å². The molecule has 3 rings (SSSR count). The number of thiazole rings is 1. The third kappa shape index (κ3) is 4.29. The lowest BCUT2D eigenvalue weighted by molar-refractivity contribution is 0.144. The summed E-state index contributed by atoms with van der Waals surface area (Å²) in [7, 11) is 0. The van der Waals surface area contributed by atoms with Crippen LogP contribution in [0.5, 0.6) is 0 Å². The second kappa shape index (κ2) is 7.70. The molecule has 0 saturated carbocycles. The molecule has 128 valence electrons. The van der Waals surface area contributed by atoms with Gasteiger partial charge in [0, 0.05) is 30.5 Å². The summed E-state index contributed by atoms with van der Waals surface area (Å²) < 4.78 is 26.6. The van der Waals surface area contributed by atoms with Crippen LogP contribution in [0.2, 0.25) is 0 Å². The van der Waals surface area contributed by atoms with Crippen LogP contribution in [0.4, 0.5) is 13.6 Å². The zero-order valence-corrected chi connectivity index (χ0v) is 14.0. The standard InChI is InChI=1S/C17H19F2N3OS/c18-13-4-1-3-12(9-13)15-11-24-16(21-15)6-7-20-17(23)22-8-2-5-14(19)10-22/h1,3-4,9,11,14H,2,5-8,10H2,(H,20,23). The molecule has 0 spiro atoms. The molecule has 0 bridgehead atoms. The molecule has 1 fully saturated rings. The Bertz CT molecular complexity index is 707. The van der Waals surface area contributed by atoms with Crippen LogP contribution < -0.4 is 5.32 Å². The quantitative estimate of drug-likeness (QED) is 0.914. The van der Waals surface area contributed by atoms with Gasteiger partial charge in [-0.2, -0.15) is 0 Å². The number of urea groups is 1. The van der Waals surface area contributed by atoms with Crippen molar-refractivity contribution in [2.45, 2.75) is 25.4 Å². The number of aromatic nitrogens is 1. The first-order chi connectivity index (χ1) is 11.6. The Morgan fingerprint density at radius 2 is 2.33 bits per heavy atom. The Labute approximate surface area is 143 Å². The van der Waals surface area contributed by atoms with E-state index in [1.165, 1.54) is 28.4 Å². The minimum Gasteiger partial charge on any atom is -0.338 e. The summed E-state index contributed by atoms with van der Waals surface area (Å²) >= 11 is 1.48. The van der Waals surface area contributed by atoms with Crippen molar-refractivity contribution >= 4 is 17.4 Å². The predicted molar refractivity (Wildman–Crippen MR) is 90.3 cm³/mol. The molecule has 0 aliphatic carbocycles. The number of amides is 2. The maximum atomic E-state index is 13.3. The van der Waals surface area contributed by atoms with Gasteiger partial charge < -0.3 is 10.2 Å². The Kier molecular flexibility index (Phi) is 5.40. The van der Waals surface area contributed by atoms with Crippen LogP contribution in [0.3, 0.4) is 0 Å². The number of hydrogen-bond acceptors (Lipinski definition) is 3. The van der Waals surface area contributed by atoms with Crippen molar-refractivity contribution in [1.82, 2.24) is 15.2 Å². The minimum atomic E-state index is -0.919. The average molecular weight is 351 g/mol. The molecular weight excluding hydrogens is 332 g/mol. The number of benzene rings is 1. The SMILES string of the molecule is O=C(NCCc1nc(-c2cccc(F)c2)cs1)N1CCCC(F)C1. The van der Waals surface area contributed by atoms with Gasteiger partial charge >= 0.3 is 6.03 Å². The monoisotopic (exact) mass is 351 g/mol. The molecule has 1 aliphatic rings. The van der Waals surface area contributed by atoms with Gasteiger partial charge in [-0.15, -0.1) is 11.3 Å². The predicted octanol–water partition coefficient (Wildman–Crippen LogP) is 3.64. The van der Waals surface area contributed by atoms with Gasteiger partial charge in [0.2, 0.25) is 0 Å². The Balaban J connectivity index is 1.50. The number of piperidine rings is 1. The third-order valence-electron chi connectivity index (χ3n) is 3.94. The zero-order valence-electron chi connectivity index (χ0n) is 13.2. The Morgan fingerprint density at radius 1 is 1.46 bits per heavy atom. The van der Waals surface area contributed by atoms with Gasteiger partial charge in [0.1, 0.15) is 12.0 Å². The van der Waals surface area contributed by atoms with E-state index in [0.29, 0.717) is 32.4 Å². The van der Waals surface area contributed by atoms with Crippen molar-refractivity contribution in [3.63, 3.8) is 0 Å². The summed E-state index contributed by atoms with van der Waals surface area (Å²) in [4.78, 5) is 18.0. The van der Waals surface area contributed by atoms with E-state index in [-0.39, 0.29) is 18.4 Å². The first-order valence-electron chi connectivity index (χ1n) is 7.99. The highest BCUT2D eigenvalue weighted by Crippen LogP contribution is 2.22. The lowest BCUT2D eigenvalue weighted by Gasteiger charge is -2.29. The number of halogens is 2. The smallest absolute Gasteiger partial charge is 0.317 e. The first-order valence-corrected chi connectivity index (χ1v) is 8.87. The summed E-state index contributed by atoms with van der Waals surface area (Å²) in [5, 5.41) is 5.56. The number of carbonyl (C=O) groups excluding carboxylic acids is 1. The molecule has 1 aromatic heterocycles. The van der Waals surface area contributed by atoms with Crippen LogP contribution >= 0.6 is 11.3 Å². The van der Waals surface area contributed by atoms with Crippen molar-refractivity contribution in [3.05, 3.63) is 40.5 Å². The number of carbonyl (C=O) groups is 1. The van der Waals surface area contributed by atoms with Crippen LogP contribution in [0.1, 0.15) is 17.8 Å². The van der Waals surface area contributed by atoms with Crippen LogP contribution in [0.15, 0.2) is 29.6 Å². The Hall–Kier alpha value is -2.02. The van der Waals surface area contributed by atoms with E-state index in [0.717, 1.165) is 16.3 Å². The molecule has 4 nitrogen and oxygen atoms in total. The number of alkyl halides is 1. The fraction of sp³-hybridized carbons (Fsp3) is 0.412. The van der Waals surface area contributed by atoms with Crippen molar-refractivity contribution < 1.29 is 13.6 Å². The van der Waals surface area contributed by atoms with Gasteiger partial charge in [0.15, 0.2) is 0 Å². The van der Waals surface area contributed by atoms with E-state index < -0.39 is 6.17 Å². The summed E-state index contributed by atoms with van der Waals surface area (Å²) in [5.74, 6) is -0.290. The average Bonchev–Trinajstić information content (AvgIpc) is 3.04. The number of nitrogens with one attached hydrogen (secondary N) is 1. The van der Waals surface area contributed by atoms with Gasteiger partial charge in [-0.05, 0) is 25.0 Å². The van der Waals surface area contributed by atoms with Crippen molar-refractivity contribution in [2.75, 3.05) is 19.6 Å². The summed E-state index contributed by atoms with van der Waals surface area (Å²) in [6.07, 6.45) is 0.917. The topological polar surface area (TPSA) is 45.2 Å².